The minimum absolute atomic E-state index is 0.642. The van der Waals surface area contributed by atoms with Crippen LogP contribution in [0.1, 0.15) is 30.9 Å². The maximum atomic E-state index is 4.98. The Morgan fingerprint density at radius 3 is 2.61 bits per heavy atom. The molecule has 1 aliphatic rings. The van der Waals surface area contributed by atoms with Crippen LogP contribution < -0.4 is 10.2 Å². The number of anilines is 3. The fourth-order valence-corrected chi connectivity index (χ4v) is 4.22. The van der Waals surface area contributed by atoms with Crippen LogP contribution in [-0.2, 0) is 0 Å². The van der Waals surface area contributed by atoms with Gasteiger partial charge in [0.2, 0.25) is 5.95 Å². The molecule has 4 aromatic rings. The smallest absolute Gasteiger partial charge is 0.229 e. The lowest BCUT2D eigenvalue weighted by Crippen LogP contribution is -2.35. The molecule has 31 heavy (non-hydrogen) atoms. The lowest BCUT2D eigenvalue weighted by atomic mass is 10.0. The number of para-hydroxylation sites is 1. The predicted molar refractivity (Wildman–Crippen MR) is 126 cm³/mol. The highest BCUT2D eigenvalue weighted by atomic mass is 15.3. The van der Waals surface area contributed by atoms with Crippen LogP contribution in [0.3, 0.4) is 0 Å². The Hall–Kier alpha value is -3.41. The molecule has 0 bridgehead atoms. The first-order valence-electron chi connectivity index (χ1n) is 11.0. The lowest BCUT2D eigenvalue weighted by molar-refractivity contribution is 0.442. The number of benzene rings is 2. The number of hydrogen-bond donors (Lipinski definition) is 1. The van der Waals surface area contributed by atoms with Crippen molar-refractivity contribution in [3.05, 3.63) is 65.9 Å². The van der Waals surface area contributed by atoms with Crippen molar-refractivity contribution in [1.29, 1.82) is 0 Å². The molecule has 6 nitrogen and oxygen atoms in total. The molecule has 1 atom stereocenters. The number of nitrogens with zero attached hydrogens (tertiary/aromatic N) is 5. The summed E-state index contributed by atoms with van der Waals surface area (Å²) in [4.78, 5) is 12.2. The van der Waals surface area contributed by atoms with Crippen LogP contribution in [0.4, 0.5) is 17.5 Å². The summed E-state index contributed by atoms with van der Waals surface area (Å²) in [6.45, 7) is 8.52. The van der Waals surface area contributed by atoms with Crippen LogP contribution in [0, 0.1) is 19.8 Å². The Balaban J connectivity index is 1.63. The van der Waals surface area contributed by atoms with Crippen LogP contribution in [0.25, 0.3) is 16.7 Å². The summed E-state index contributed by atoms with van der Waals surface area (Å²) in [7, 11) is 0. The van der Waals surface area contributed by atoms with E-state index in [1.165, 1.54) is 24.0 Å². The largest absolute Gasteiger partial charge is 0.340 e. The predicted octanol–water partition coefficient (Wildman–Crippen LogP) is 5.41. The molecule has 3 heterocycles. The van der Waals surface area contributed by atoms with E-state index in [4.69, 9.17) is 9.97 Å². The van der Waals surface area contributed by atoms with E-state index in [1.54, 1.807) is 0 Å². The molecule has 0 spiro atoms. The fourth-order valence-electron chi connectivity index (χ4n) is 4.22. The number of fused-ring (bicyclic) bond motifs is 1. The van der Waals surface area contributed by atoms with Gasteiger partial charge in [0.15, 0.2) is 5.65 Å². The molecule has 1 saturated heterocycles. The minimum Gasteiger partial charge on any atom is -0.340 e. The monoisotopic (exact) mass is 412 g/mol. The molecule has 0 amide bonds. The van der Waals surface area contributed by atoms with Gasteiger partial charge in [-0.2, -0.15) is 15.1 Å². The van der Waals surface area contributed by atoms with Gasteiger partial charge in [-0.1, -0.05) is 31.2 Å². The van der Waals surface area contributed by atoms with Crippen molar-refractivity contribution >= 4 is 28.5 Å². The Morgan fingerprint density at radius 2 is 1.84 bits per heavy atom. The first kappa shape index (κ1) is 19.5. The van der Waals surface area contributed by atoms with E-state index in [1.807, 2.05) is 41.2 Å². The van der Waals surface area contributed by atoms with Crippen molar-refractivity contribution in [3.63, 3.8) is 0 Å². The van der Waals surface area contributed by atoms with Crippen molar-refractivity contribution < 1.29 is 0 Å². The molecule has 1 N–H and O–H groups in total. The first-order chi connectivity index (χ1) is 15.1. The van der Waals surface area contributed by atoms with Gasteiger partial charge in [0.1, 0.15) is 5.82 Å². The Kier molecular flexibility index (Phi) is 5.06. The Labute approximate surface area is 182 Å². The van der Waals surface area contributed by atoms with E-state index >= 15 is 0 Å². The van der Waals surface area contributed by atoms with Gasteiger partial charge < -0.3 is 10.2 Å². The zero-order valence-corrected chi connectivity index (χ0v) is 18.3. The molecule has 5 rings (SSSR count). The number of rotatable bonds is 4. The third-order valence-corrected chi connectivity index (χ3v) is 6.13. The summed E-state index contributed by atoms with van der Waals surface area (Å²) in [6, 6.07) is 16.5. The van der Waals surface area contributed by atoms with Crippen molar-refractivity contribution in [2.75, 3.05) is 23.3 Å². The summed E-state index contributed by atoms with van der Waals surface area (Å²) in [6.07, 6.45) is 4.28. The standard InChI is InChI=1S/C25H28N6/c1-17-8-7-13-30(16-17)25-28-23(27-20-12-11-18(2)19(3)14-20)22-15-26-31(24(22)29-25)21-9-5-4-6-10-21/h4-6,9-12,14-15,17H,7-8,13,16H2,1-3H3,(H,27,28,29)/t17-/m0/s1. The molecular weight excluding hydrogens is 384 g/mol. The van der Waals surface area contributed by atoms with Gasteiger partial charge in [-0.15, -0.1) is 0 Å². The third kappa shape index (κ3) is 3.85. The van der Waals surface area contributed by atoms with Crippen LogP contribution in [0.2, 0.25) is 0 Å². The van der Waals surface area contributed by atoms with Gasteiger partial charge >= 0.3 is 0 Å². The Morgan fingerprint density at radius 1 is 1.00 bits per heavy atom. The molecule has 2 aromatic carbocycles. The van der Waals surface area contributed by atoms with E-state index in [0.717, 1.165) is 47.3 Å². The van der Waals surface area contributed by atoms with Gasteiger partial charge in [0, 0.05) is 18.8 Å². The van der Waals surface area contributed by atoms with Gasteiger partial charge in [-0.05, 0) is 68.0 Å². The number of aryl methyl sites for hydroxylation is 2. The molecule has 0 saturated carbocycles. The molecule has 0 unspecified atom stereocenters. The topological polar surface area (TPSA) is 58.9 Å². The van der Waals surface area contributed by atoms with Crippen LogP contribution in [0.15, 0.2) is 54.7 Å². The average Bonchev–Trinajstić information content (AvgIpc) is 3.21. The van der Waals surface area contributed by atoms with Crippen molar-refractivity contribution in [1.82, 2.24) is 19.7 Å². The zero-order valence-electron chi connectivity index (χ0n) is 18.3. The summed E-state index contributed by atoms with van der Waals surface area (Å²) in [5.74, 6) is 2.20. The molecule has 1 aliphatic heterocycles. The lowest BCUT2D eigenvalue weighted by Gasteiger charge is -2.31. The van der Waals surface area contributed by atoms with Crippen molar-refractivity contribution in [2.24, 2.45) is 5.92 Å². The second-order valence-corrected chi connectivity index (χ2v) is 8.62. The average molecular weight is 413 g/mol. The summed E-state index contributed by atoms with van der Waals surface area (Å²) >= 11 is 0. The van der Waals surface area contributed by atoms with Gasteiger partial charge in [0.25, 0.3) is 0 Å². The molecule has 158 valence electrons. The van der Waals surface area contributed by atoms with Gasteiger partial charge in [-0.25, -0.2) is 4.68 Å². The molecule has 0 aliphatic carbocycles. The van der Waals surface area contributed by atoms with Crippen LogP contribution in [-0.4, -0.2) is 32.8 Å². The van der Waals surface area contributed by atoms with Crippen LogP contribution in [0.5, 0.6) is 0 Å². The first-order valence-corrected chi connectivity index (χ1v) is 11.0. The van der Waals surface area contributed by atoms with E-state index < -0.39 is 0 Å². The molecule has 6 heteroatoms. The minimum atomic E-state index is 0.642. The highest BCUT2D eigenvalue weighted by molar-refractivity contribution is 5.90. The maximum absolute atomic E-state index is 4.98. The fraction of sp³-hybridized carbons (Fsp3) is 0.320. The SMILES string of the molecule is Cc1ccc(Nc2nc(N3CCC[C@H](C)C3)nc3c2cnn3-c2ccccc2)cc1C. The second kappa shape index (κ2) is 8.02. The number of nitrogens with one attached hydrogen (secondary N) is 1. The third-order valence-electron chi connectivity index (χ3n) is 6.13. The van der Waals surface area contributed by atoms with E-state index in [-0.39, 0.29) is 0 Å². The quantitative estimate of drug-likeness (QED) is 0.485. The molecule has 0 radical (unpaired) electrons. The van der Waals surface area contributed by atoms with E-state index in [9.17, 15) is 0 Å². The zero-order chi connectivity index (χ0) is 21.4. The number of piperidine rings is 1. The van der Waals surface area contributed by atoms with Gasteiger partial charge in [0.05, 0.1) is 17.3 Å². The second-order valence-electron chi connectivity index (χ2n) is 8.62. The molecule has 2 aromatic heterocycles. The molecule has 1 fully saturated rings. The summed E-state index contributed by atoms with van der Waals surface area (Å²) < 4.78 is 1.90. The summed E-state index contributed by atoms with van der Waals surface area (Å²) in [5, 5.41) is 9.11. The summed E-state index contributed by atoms with van der Waals surface area (Å²) in [5.41, 5.74) is 5.36. The van der Waals surface area contributed by atoms with Crippen molar-refractivity contribution in [2.45, 2.75) is 33.6 Å². The number of hydrogen-bond acceptors (Lipinski definition) is 5. The van der Waals surface area contributed by atoms with E-state index in [0.29, 0.717) is 5.92 Å². The Bertz CT molecular complexity index is 1210. The van der Waals surface area contributed by atoms with Crippen LogP contribution >= 0.6 is 0 Å². The highest BCUT2D eigenvalue weighted by Crippen LogP contribution is 2.30. The highest BCUT2D eigenvalue weighted by Gasteiger charge is 2.22. The number of aromatic nitrogens is 4. The van der Waals surface area contributed by atoms with Gasteiger partial charge in [-0.3, -0.25) is 0 Å². The normalized spacial score (nSPS) is 16.6. The van der Waals surface area contributed by atoms with Crippen molar-refractivity contribution in [3.8, 4) is 5.69 Å². The van der Waals surface area contributed by atoms with E-state index in [2.05, 4.69) is 54.3 Å². The molecular formula is C25H28N6. The maximum Gasteiger partial charge on any atom is 0.229 e.